The Hall–Kier alpha value is -1.68. The summed E-state index contributed by atoms with van der Waals surface area (Å²) in [6.45, 7) is 0. The molecule has 0 unspecified atom stereocenters. The van der Waals surface area contributed by atoms with Crippen molar-refractivity contribution in [1.82, 2.24) is 0 Å². The van der Waals surface area contributed by atoms with Crippen LogP contribution in [0.25, 0.3) is 5.76 Å². The highest BCUT2D eigenvalue weighted by atomic mass is 79.9. The molecule has 1 aliphatic rings. The second-order valence-corrected chi connectivity index (χ2v) is 4.13. The zero-order chi connectivity index (χ0) is 12.4. The Kier molecular flexibility index (Phi) is 3.24. The van der Waals surface area contributed by atoms with Gasteiger partial charge in [-0.2, -0.15) is 0 Å². The molecule has 1 aromatic rings. The summed E-state index contributed by atoms with van der Waals surface area (Å²) in [5.74, 6) is -1.29. The Bertz CT molecular complexity index is 556. The molecular formula is C13H9BrO3. The van der Waals surface area contributed by atoms with Crippen LogP contribution in [0.3, 0.4) is 0 Å². The smallest absolute Gasteiger partial charge is 0.234 e. The van der Waals surface area contributed by atoms with E-state index in [4.69, 9.17) is 0 Å². The van der Waals surface area contributed by atoms with Crippen LogP contribution < -0.4 is 0 Å². The number of halogens is 1. The number of carbonyl (C=O) groups excluding carboxylic acids is 2. The van der Waals surface area contributed by atoms with Crippen molar-refractivity contribution < 1.29 is 14.7 Å². The van der Waals surface area contributed by atoms with Gasteiger partial charge in [-0.25, -0.2) is 0 Å². The first kappa shape index (κ1) is 11.8. The Morgan fingerprint density at radius 1 is 1.12 bits per heavy atom. The monoisotopic (exact) mass is 292 g/mol. The maximum Gasteiger partial charge on any atom is 0.234 e. The average Bonchev–Trinajstić information content (AvgIpc) is 2.36. The number of hydrogen-bond acceptors (Lipinski definition) is 3. The number of allylic oxidation sites excluding steroid dienone is 2. The fraction of sp³-hybridized carbons (Fsp3) is 0.0769. The van der Waals surface area contributed by atoms with E-state index in [9.17, 15) is 14.7 Å². The molecule has 0 spiro atoms. The zero-order valence-corrected chi connectivity index (χ0v) is 10.4. The van der Waals surface area contributed by atoms with Crippen molar-refractivity contribution in [3.05, 3.63) is 52.0 Å². The van der Waals surface area contributed by atoms with E-state index in [1.54, 1.807) is 35.3 Å². The van der Waals surface area contributed by atoms with Gasteiger partial charge in [0.15, 0.2) is 0 Å². The first-order valence-electron chi connectivity index (χ1n) is 5.02. The Labute approximate surface area is 107 Å². The van der Waals surface area contributed by atoms with E-state index in [-0.39, 0.29) is 23.3 Å². The molecule has 0 amide bonds. The summed E-state index contributed by atoms with van der Waals surface area (Å²) in [6, 6.07) is 6.56. The van der Waals surface area contributed by atoms with Crippen LogP contribution in [0.2, 0.25) is 0 Å². The third-order valence-electron chi connectivity index (χ3n) is 2.60. The molecule has 0 aliphatic heterocycles. The quantitative estimate of drug-likeness (QED) is 0.853. The van der Waals surface area contributed by atoms with Crippen LogP contribution in [0.15, 0.2) is 40.9 Å². The second-order valence-electron chi connectivity index (χ2n) is 3.60. The first-order valence-corrected chi connectivity index (χ1v) is 5.94. The molecule has 1 N–H and O–H groups in total. The van der Waals surface area contributed by atoms with Gasteiger partial charge in [0.1, 0.15) is 5.76 Å². The van der Waals surface area contributed by atoms with Gasteiger partial charge in [-0.3, -0.25) is 9.59 Å². The van der Waals surface area contributed by atoms with Gasteiger partial charge in [0.05, 0.1) is 0 Å². The summed E-state index contributed by atoms with van der Waals surface area (Å²) >= 11 is 3.08. The number of aliphatic hydroxyl groups is 1. The number of hydrogen-bond donors (Lipinski definition) is 1. The lowest BCUT2D eigenvalue weighted by atomic mass is 9.87. The van der Waals surface area contributed by atoms with Crippen molar-refractivity contribution in [2.24, 2.45) is 0 Å². The molecule has 0 heterocycles. The lowest BCUT2D eigenvalue weighted by molar-refractivity contribution is -0.112. The molecule has 0 bridgehead atoms. The molecule has 0 saturated heterocycles. The minimum atomic E-state index is -0.633. The van der Waals surface area contributed by atoms with Crippen LogP contribution in [-0.4, -0.2) is 16.7 Å². The van der Waals surface area contributed by atoms with E-state index in [1.807, 2.05) is 0 Å². The highest BCUT2D eigenvalue weighted by Gasteiger charge is 2.31. The predicted molar refractivity (Wildman–Crippen MR) is 68.0 cm³/mol. The Morgan fingerprint density at radius 3 is 2.41 bits per heavy atom. The molecule has 2 rings (SSSR count). The lowest BCUT2D eigenvalue weighted by Gasteiger charge is -2.16. The summed E-state index contributed by atoms with van der Waals surface area (Å²) in [4.78, 5) is 25.2. The Morgan fingerprint density at radius 2 is 1.76 bits per heavy atom. The zero-order valence-electron chi connectivity index (χ0n) is 8.81. The summed E-state index contributed by atoms with van der Waals surface area (Å²) in [5, 5.41) is 9.99. The molecule has 86 valence electrons. The van der Waals surface area contributed by atoms with Crippen LogP contribution in [-0.2, 0) is 4.79 Å². The first-order chi connectivity index (χ1) is 8.16. The van der Waals surface area contributed by atoms with Gasteiger partial charge < -0.3 is 5.11 Å². The van der Waals surface area contributed by atoms with Crippen LogP contribution in [0.4, 0.5) is 0 Å². The number of aliphatic hydroxyl groups excluding tert-OH is 1. The van der Waals surface area contributed by atoms with Crippen LogP contribution in [0.1, 0.15) is 22.3 Å². The minimum absolute atomic E-state index is 0.101. The van der Waals surface area contributed by atoms with Gasteiger partial charge in [0.2, 0.25) is 11.6 Å². The molecule has 1 aromatic carbocycles. The average molecular weight is 293 g/mol. The molecule has 1 aliphatic carbocycles. The van der Waals surface area contributed by atoms with Crippen molar-refractivity contribution in [3.8, 4) is 0 Å². The van der Waals surface area contributed by atoms with Crippen LogP contribution in [0.5, 0.6) is 0 Å². The van der Waals surface area contributed by atoms with E-state index in [0.29, 0.717) is 5.56 Å². The van der Waals surface area contributed by atoms with Gasteiger partial charge >= 0.3 is 0 Å². The molecule has 4 heteroatoms. The minimum Gasteiger partial charge on any atom is -0.507 e. The normalized spacial score (nSPS) is 15.6. The van der Waals surface area contributed by atoms with Gasteiger partial charge in [-0.1, -0.05) is 46.3 Å². The van der Waals surface area contributed by atoms with E-state index < -0.39 is 11.6 Å². The summed E-state index contributed by atoms with van der Waals surface area (Å²) in [6.07, 6.45) is 1.89. The van der Waals surface area contributed by atoms with Gasteiger partial charge in [0, 0.05) is 16.7 Å². The molecule has 17 heavy (non-hydrogen) atoms. The van der Waals surface area contributed by atoms with Crippen molar-refractivity contribution >= 4 is 33.3 Å². The third-order valence-corrected chi connectivity index (χ3v) is 2.98. The van der Waals surface area contributed by atoms with Crippen molar-refractivity contribution in [3.63, 3.8) is 0 Å². The van der Waals surface area contributed by atoms with Crippen molar-refractivity contribution in [2.75, 3.05) is 0 Å². The van der Waals surface area contributed by atoms with Gasteiger partial charge in [0.25, 0.3) is 0 Å². The highest BCUT2D eigenvalue weighted by molar-refractivity contribution is 9.11. The third kappa shape index (κ3) is 1.96. The number of fused-ring (bicyclic) bond motifs is 1. The summed E-state index contributed by atoms with van der Waals surface area (Å²) in [7, 11) is 0. The number of ketones is 2. The number of benzene rings is 1. The highest BCUT2D eigenvalue weighted by Crippen LogP contribution is 2.29. The van der Waals surface area contributed by atoms with Crippen LogP contribution >= 0.6 is 15.9 Å². The Balaban J connectivity index is 2.59. The lowest BCUT2D eigenvalue weighted by Crippen LogP contribution is -2.23. The van der Waals surface area contributed by atoms with E-state index in [1.165, 1.54) is 0 Å². The van der Waals surface area contributed by atoms with Gasteiger partial charge in [-0.15, -0.1) is 0 Å². The number of carbonyl (C=O) groups is 2. The van der Waals surface area contributed by atoms with E-state index >= 15 is 0 Å². The number of Topliss-reactive ketones (excluding diaryl/α,β-unsaturated/α-hetero) is 2. The SMILES string of the molecule is O=C1C(=O)c2ccccc2C(O)=C1CC=CBr. The predicted octanol–water partition coefficient (Wildman–Crippen LogP) is 3.02. The second kappa shape index (κ2) is 4.67. The van der Waals surface area contributed by atoms with Gasteiger partial charge in [-0.05, 0) is 11.4 Å². The molecule has 0 fully saturated rings. The van der Waals surface area contributed by atoms with E-state index in [0.717, 1.165) is 0 Å². The van der Waals surface area contributed by atoms with Crippen molar-refractivity contribution in [2.45, 2.75) is 6.42 Å². The van der Waals surface area contributed by atoms with Crippen LogP contribution in [0, 0.1) is 0 Å². The molecule has 0 aromatic heterocycles. The fourth-order valence-electron chi connectivity index (χ4n) is 1.77. The molecule has 0 atom stereocenters. The number of rotatable bonds is 2. The summed E-state index contributed by atoms with van der Waals surface area (Å²) < 4.78 is 0. The standard InChI is InChI=1S/C13H9BrO3/c14-7-3-6-10-11(15)8-4-1-2-5-9(8)12(16)13(10)17/h1-5,7,15H,6H2. The molecule has 3 nitrogen and oxygen atoms in total. The molecule has 0 saturated carbocycles. The fourth-order valence-corrected chi connectivity index (χ4v) is 1.96. The molecule has 0 radical (unpaired) electrons. The molecular weight excluding hydrogens is 284 g/mol. The maximum absolute atomic E-state index is 11.8. The largest absolute Gasteiger partial charge is 0.507 e. The summed E-state index contributed by atoms with van der Waals surface area (Å²) in [5.41, 5.74) is 0.834. The van der Waals surface area contributed by atoms with Crippen molar-refractivity contribution in [1.29, 1.82) is 0 Å². The topological polar surface area (TPSA) is 54.4 Å². The van der Waals surface area contributed by atoms with E-state index in [2.05, 4.69) is 15.9 Å². The maximum atomic E-state index is 11.8.